The average molecular weight is 518 g/mol. The van der Waals surface area contributed by atoms with Crippen molar-refractivity contribution in [2.24, 2.45) is 0 Å². The van der Waals surface area contributed by atoms with E-state index in [0.717, 1.165) is 28.4 Å². The van der Waals surface area contributed by atoms with Crippen LogP contribution in [-0.2, 0) is 9.53 Å². The molecule has 1 amide bonds. The van der Waals surface area contributed by atoms with Crippen molar-refractivity contribution in [2.75, 3.05) is 24.6 Å². The number of anilines is 1. The summed E-state index contributed by atoms with van der Waals surface area (Å²) in [5.41, 5.74) is 1.74. The third-order valence-corrected chi connectivity index (χ3v) is 7.31. The first-order chi connectivity index (χ1) is 17.4. The van der Waals surface area contributed by atoms with Crippen LogP contribution in [0.15, 0.2) is 54.1 Å². The van der Waals surface area contributed by atoms with Gasteiger partial charge in [0.05, 0.1) is 5.60 Å². The fraction of sp³-hybridized carbons (Fsp3) is 0.419. The molecule has 0 fully saturated rings. The minimum Gasteiger partial charge on any atom is -0.376 e. The molecule has 6 heteroatoms. The number of hydrogen-bond acceptors (Lipinski definition) is 5. The highest BCUT2D eigenvalue weighted by Crippen LogP contribution is 2.32. The maximum atomic E-state index is 12.9. The highest BCUT2D eigenvalue weighted by atomic mass is 32.1. The normalized spacial score (nSPS) is 12.4. The summed E-state index contributed by atoms with van der Waals surface area (Å²) in [6, 6.07) is 19.2. The molecule has 0 radical (unpaired) electrons. The molecular weight excluding hydrogens is 478 g/mol. The molecule has 0 aliphatic carbocycles. The van der Waals surface area contributed by atoms with Crippen LogP contribution >= 0.6 is 11.3 Å². The summed E-state index contributed by atoms with van der Waals surface area (Å²) in [6.45, 7) is 16.7. The molecule has 5 nitrogen and oxygen atoms in total. The molecule has 0 unspecified atom stereocenters. The van der Waals surface area contributed by atoms with E-state index in [9.17, 15) is 10.1 Å². The van der Waals surface area contributed by atoms with Gasteiger partial charge in [0.25, 0.3) is 5.91 Å². The van der Waals surface area contributed by atoms with Gasteiger partial charge >= 0.3 is 0 Å². The maximum absolute atomic E-state index is 12.9. The largest absolute Gasteiger partial charge is 0.376 e. The Hall–Kier alpha value is -3.14. The summed E-state index contributed by atoms with van der Waals surface area (Å²) in [5, 5.41) is 15.1. The average Bonchev–Trinajstić information content (AvgIpc) is 3.30. The number of thiophene rings is 1. The number of nitrogens with one attached hydrogen (secondary N) is 1. The van der Waals surface area contributed by atoms with Crippen molar-refractivity contribution in [2.45, 2.75) is 66.0 Å². The molecule has 1 heterocycles. The standard InChI is InChI=1S/C31H39N3O2S/c1-8-34(9-2)26-13-12-22-18-24(11-10-23(22)19-26)28-15-14-27(37-28)20-25(21-32)29(35)33-31(6,7)16-17-36-30(3,4)5/h10-15,18-20H,8-9,16-17H2,1-7H3,(H,33,35). The Morgan fingerprint density at radius 3 is 2.35 bits per heavy atom. The van der Waals surface area contributed by atoms with Crippen LogP contribution in [0.4, 0.5) is 5.69 Å². The number of rotatable bonds is 10. The number of carbonyl (C=O) groups excluding carboxylic acids is 1. The van der Waals surface area contributed by atoms with E-state index in [0.29, 0.717) is 13.0 Å². The van der Waals surface area contributed by atoms with E-state index in [1.54, 1.807) is 17.4 Å². The molecule has 0 saturated carbocycles. The first-order valence-corrected chi connectivity index (χ1v) is 13.7. The van der Waals surface area contributed by atoms with Gasteiger partial charge in [-0.15, -0.1) is 11.3 Å². The number of nitrogens with zero attached hydrogens (tertiary/aromatic N) is 2. The number of benzene rings is 2. The molecule has 1 N–H and O–H groups in total. The Bertz CT molecular complexity index is 1300. The summed E-state index contributed by atoms with van der Waals surface area (Å²) < 4.78 is 5.80. The van der Waals surface area contributed by atoms with Gasteiger partial charge in [-0.25, -0.2) is 0 Å². The lowest BCUT2D eigenvalue weighted by Gasteiger charge is -2.28. The molecule has 0 aliphatic heterocycles. The maximum Gasteiger partial charge on any atom is 0.262 e. The predicted octanol–water partition coefficient (Wildman–Crippen LogP) is 7.42. The van der Waals surface area contributed by atoms with Gasteiger partial charge in [-0.05, 0) is 108 Å². The lowest BCUT2D eigenvalue weighted by Crippen LogP contribution is -2.45. The van der Waals surface area contributed by atoms with Crippen LogP contribution < -0.4 is 10.2 Å². The topological polar surface area (TPSA) is 65.4 Å². The molecule has 0 saturated heterocycles. The lowest BCUT2D eigenvalue weighted by molar-refractivity contribution is -0.118. The molecule has 0 aliphatic rings. The predicted molar refractivity (Wildman–Crippen MR) is 157 cm³/mol. The van der Waals surface area contributed by atoms with Crippen molar-refractivity contribution < 1.29 is 9.53 Å². The molecule has 3 rings (SSSR count). The highest BCUT2D eigenvalue weighted by molar-refractivity contribution is 7.16. The number of amides is 1. The first kappa shape index (κ1) is 28.4. The van der Waals surface area contributed by atoms with E-state index in [-0.39, 0.29) is 17.1 Å². The van der Waals surface area contributed by atoms with Gasteiger partial charge in [0.1, 0.15) is 11.6 Å². The molecule has 0 atom stereocenters. The fourth-order valence-electron chi connectivity index (χ4n) is 4.10. The molecule has 196 valence electrons. The summed E-state index contributed by atoms with van der Waals surface area (Å²) >= 11 is 1.57. The van der Waals surface area contributed by atoms with E-state index in [4.69, 9.17) is 4.74 Å². The Kier molecular flexibility index (Phi) is 9.17. The molecule has 1 aromatic heterocycles. The summed E-state index contributed by atoms with van der Waals surface area (Å²) in [4.78, 5) is 17.2. The van der Waals surface area contributed by atoms with E-state index in [2.05, 4.69) is 66.5 Å². The molecule has 0 spiro atoms. The van der Waals surface area contributed by atoms with Crippen LogP contribution in [0.2, 0.25) is 0 Å². The summed E-state index contributed by atoms with van der Waals surface area (Å²) in [6.07, 6.45) is 2.32. The van der Waals surface area contributed by atoms with Gasteiger partial charge < -0.3 is 15.0 Å². The molecule has 0 bridgehead atoms. The van der Waals surface area contributed by atoms with Crippen LogP contribution in [0.3, 0.4) is 0 Å². The Morgan fingerprint density at radius 2 is 1.70 bits per heavy atom. The third kappa shape index (κ3) is 7.92. The first-order valence-electron chi connectivity index (χ1n) is 12.9. The molecule has 3 aromatic rings. The smallest absolute Gasteiger partial charge is 0.262 e. The molecular formula is C31H39N3O2S. The minimum absolute atomic E-state index is 0.0978. The number of carbonyl (C=O) groups is 1. The van der Waals surface area contributed by atoms with Crippen LogP contribution in [0, 0.1) is 11.3 Å². The van der Waals surface area contributed by atoms with Crippen molar-refractivity contribution >= 4 is 39.8 Å². The zero-order chi connectivity index (χ0) is 27.2. The number of nitriles is 1. The van der Waals surface area contributed by atoms with Crippen LogP contribution in [0.25, 0.3) is 27.3 Å². The van der Waals surface area contributed by atoms with Gasteiger partial charge in [0.15, 0.2) is 0 Å². The Labute approximate surface area is 225 Å². The minimum atomic E-state index is -0.491. The number of hydrogen-bond donors (Lipinski definition) is 1. The second-order valence-electron chi connectivity index (χ2n) is 10.8. The fourth-order valence-corrected chi connectivity index (χ4v) is 5.05. The van der Waals surface area contributed by atoms with Gasteiger partial charge in [-0.2, -0.15) is 5.26 Å². The quantitative estimate of drug-likeness (QED) is 0.224. The van der Waals surface area contributed by atoms with Crippen LogP contribution in [-0.4, -0.2) is 36.7 Å². The molecule has 2 aromatic carbocycles. The van der Waals surface area contributed by atoms with E-state index in [1.807, 2.05) is 46.8 Å². The van der Waals surface area contributed by atoms with Gasteiger partial charge in [0, 0.05) is 40.7 Å². The third-order valence-electron chi connectivity index (χ3n) is 6.23. The van der Waals surface area contributed by atoms with Crippen molar-refractivity contribution in [1.82, 2.24) is 5.32 Å². The van der Waals surface area contributed by atoms with Gasteiger partial charge in [-0.3, -0.25) is 4.79 Å². The van der Waals surface area contributed by atoms with Crippen molar-refractivity contribution in [1.29, 1.82) is 5.26 Å². The van der Waals surface area contributed by atoms with Crippen molar-refractivity contribution in [3.8, 4) is 16.5 Å². The van der Waals surface area contributed by atoms with Gasteiger partial charge in [0.2, 0.25) is 0 Å². The lowest BCUT2D eigenvalue weighted by atomic mass is 10.00. The van der Waals surface area contributed by atoms with Crippen LogP contribution in [0.1, 0.15) is 59.8 Å². The number of fused-ring (bicyclic) bond motifs is 1. The zero-order valence-corrected chi connectivity index (χ0v) is 24.0. The van der Waals surface area contributed by atoms with E-state index < -0.39 is 5.54 Å². The Morgan fingerprint density at radius 1 is 1.03 bits per heavy atom. The van der Waals surface area contributed by atoms with Crippen molar-refractivity contribution in [3.63, 3.8) is 0 Å². The number of ether oxygens (including phenoxy) is 1. The van der Waals surface area contributed by atoms with Crippen LogP contribution in [0.5, 0.6) is 0 Å². The monoisotopic (exact) mass is 517 g/mol. The summed E-state index contributed by atoms with van der Waals surface area (Å²) in [5.74, 6) is -0.368. The SMILES string of the molecule is CCN(CC)c1ccc2cc(-c3ccc(C=C(C#N)C(=O)NC(C)(C)CCOC(C)(C)C)s3)ccc2c1. The van der Waals surface area contributed by atoms with Crippen molar-refractivity contribution in [3.05, 3.63) is 59.0 Å². The Balaban J connectivity index is 1.74. The zero-order valence-electron chi connectivity index (χ0n) is 23.1. The second kappa shape index (κ2) is 11.9. The van der Waals surface area contributed by atoms with Gasteiger partial charge in [-0.1, -0.05) is 18.2 Å². The molecule has 37 heavy (non-hydrogen) atoms. The second-order valence-corrected chi connectivity index (χ2v) is 12.0. The van der Waals surface area contributed by atoms with E-state index in [1.165, 1.54) is 16.5 Å². The highest BCUT2D eigenvalue weighted by Gasteiger charge is 2.23. The summed E-state index contributed by atoms with van der Waals surface area (Å²) in [7, 11) is 0. The van der Waals surface area contributed by atoms with E-state index >= 15 is 0 Å².